The molecule has 1 fully saturated rings. The highest BCUT2D eigenvalue weighted by molar-refractivity contribution is 5.81. The number of carbonyl (C=O) groups is 2. The third-order valence-electron chi connectivity index (χ3n) is 6.85. The average Bonchev–Trinajstić information content (AvgIpc) is 2.75. The van der Waals surface area contributed by atoms with Crippen LogP contribution in [0.25, 0.3) is 0 Å². The van der Waals surface area contributed by atoms with Crippen LogP contribution in [0, 0.1) is 16.2 Å². The highest BCUT2D eigenvalue weighted by Gasteiger charge is 2.29. The number of methoxy groups -OCH3 is 1. The lowest BCUT2D eigenvalue weighted by atomic mass is 9.79. The maximum atomic E-state index is 11.7. The largest absolute Gasteiger partial charge is 0.469 e. The first-order valence-electron chi connectivity index (χ1n) is 16.1. The van der Waals surface area contributed by atoms with E-state index in [2.05, 4.69) is 65.3 Å². The molecule has 0 atom stereocenters. The van der Waals surface area contributed by atoms with Crippen molar-refractivity contribution in [3.8, 4) is 0 Å². The number of aliphatic hydroxyl groups is 1. The summed E-state index contributed by atoms with van der Waals surface area (Å²) in [6.45, 7) is 39.9. The predicted molar refractivity (Wildman–Crippen MR) is 187 cm³/mol. The lowest BCUT2D eigenvalue weighted by Crippen LogP contribution is -2.42. The number of piperidine rings is 1. The fourth-order valence-corrected chi connectivity index (χ4v) is 2.58. The molecular formula is C36H78N2O5. The van der Waals surface area contributed by atoms with Crippen LogP contribution in [0.15, 0.2) is 0 Å². The molecule has 1 aliphatic heterocycles. The summed E-state index contributed by atoms with van der Waals surface area (Å²) in [5.41, 5.74) is -0.764. The minimum Gasteiger partial charge on any atom is -0.469 e. The van der Waals surface area contributed by atoms with Gasteiger partial charge >= 0.3 is 5.97 Å². The van der Waals surface area contributed by atoms with Gasteiger partial charge in [0, 0.05) is 24.0 Å². The molecule has 0 radical (unpaired) electrons. The molecule has 0 saturated carbocycles. The Labute approximate surface area is 269 Å². The quantitative estimate of drug-likeness (QED) is 0.297. The SMILES string of the molecule is CC(C)(C)C(=O)N1CCCCC1.CC(C)(C)C(C)(C)O.CC(C)OC(C)(C)C.CN(C)C(C)(C)C.COC(=O)C(C)(C)C. The topological polar surface area (TPSA) is 79.3 Å². The number of carbonyl (C=O) groups excluding carboxylic acids is 2. The first kappa shape index (κ1) is 48.7. The van der Waals surface area contributed by atoms with Crippen LogP contribution in [0.5, 0.6) is 0 Å². The van der Waals surface area contributed by atoms with Gasteiger partial charge in [-0.2, -0.15) is 0 Å². The molecule has 1 heterocycles. The average molecular weight is 619 g/mol. The molecule has 1 N–H and O–H groups in total. The Balaban J connectivity index is -0.000000225. The lowest BCUT2D eigenvalue weighted by Gasteiger charge is -2.33. The molecule has 0 aromatic rings. The maximum Gasteiger partial charge on any atom is 0.310 e. The maximum absolute atomic E-state index is 11.7. The van der Waals surface area contributed by atoms with Crippen LogP contribution in [0.2, 0.25) is 0 Å². The number of hydrogen-bond donors (Lipinski definition) is 1. The molecule has 7 nitrogen and oxygen atoms in total. The third kappa shape index (κ3) is 30.6. The van der Waals surface area contributed by atoms with Gasteiger partial charge in [0.1, 0.15) is 0 Å². The zero-order valence-corrected chi connectivity index (χ0v) is 33.1. The molecule has 0 aliphatic carbocycles. The van der Waals surface area contributed by atoms with E-state index in [-0.39, 0.29) is 27.8 Å². The van der Waals surface area contributed by atoms with Gasteiger partial charge in [0.15, 0.2) is 0 Å². The Kier molecular flexibility index (Phi) is 22.7. The molecule has 1 aliphatic rings. The van der Waals surface area contributed by atoms with E-state index in [0.29, 0.717) is 17.6 Å². The molecule has 0 spiro atoms. The second-order valence-electron chi connectivity index (χ2n) is 17.5. The number of likely N-dealkylation sites (tertiary alicyclic amines) is 1. The lowest BCUT2D eigenvalue weighted by molar-refractivity contribution is -0.149. The van der Waals surface area contributed by atoms with Gasteiger partial charge in [-0.1, -0.05) is 41.5 Å². The van der Waals surface area contributed by atoms with Crippen LogP contribution >= 0.6 is 0 Å². The van der Waals surface area contributed by atoms with E-state index in [9.17, 15) is 14.7 Å². The molecule has 1 amide bonds. The zero-order valence-electron chi connectivity index (χ0n) is 33.1. The van der Waals surface area contributed by atoms with Gasteiger partial charge in [-0.3, -0.25) is 9.59 Å². The summed E-state index contributed by atoms with van der Waals surface area (Å²) in [5.74, 6) is 0.139. The number of nitrogens with zero attached hydrogens (tertiary/aromatic N) is 2. The van der Waals surface area contributed by atoms with Crippen LogP contribution in [0.1, 0.15) is 151 Å². The van der Waals surface area contributed by atoms with Crippen molar-refractivity contribution in [2.75, 3.05) is 34.3 Å². The molecule has 0 bridgehead atoms. The Bertz CT molecular complexity index is 715. The van der Waals surface area contributed by atoms with Gasteiger partial charge in [0.05, 0.1) is 29.8 Å². The Hall–Kier alpha value is -1.18. The van der Waals surface area contributed by atoms with E-state index in [1.54, 1.807) is 0 Å². The summed E-state index contributed by atoms with van der Waals surface area (Å²) < 4.78 is 9.91. The molecule has 43 heavy (non-hydrogen) atoms. The van der Waals surface area contributed by atoms with Crippen LogP contribution in [0.3, 0.4) is 0 Å². The number of hydrogen-bond acceptors (Lipinski definition) is 6. The van der Waals surface area contributed by atoms with Crippen molar-refractivity contribution in [2.45, 2.75) is 174 Å². The van der Waals surface area contributed by atoms with Crippen molar-refractivity contribution >= 4 is 11.9 Å². The second kappa shape index (κ2) is 20.0. The fourth-order valence-electron chi connectivity index (χ4n) is 2.58. The van der Waals surface area contributed by atoms with Gasteiger partial charge < -0.3 is 24.4 Å². The number of esters is 1. The standard InChI is InChI=1S/C10H19NO.2C7H16O.C6H15N.C6H12O2/c1-10(2,3)9(12)11-7-5-4-6-8-11;1-6(2)8-7(3,4)5;1-6(2,3)7(4,5)8;1-6(2,3)7(4)5;1-6(2,3)5(7)8-4/h4-8H2,1-3H3;6H,1-5H3;8H,1-5H3;1-5H3;1-4H3. The molecular weight excluding hydrogens is 540 g/mol. The molecule has 1 rings (SSSR count). The van der Waals surface area contributed by atoms with E-state index in [4.69, 9.17) is 4.74 Å². The summed E-state index contributed by atoms with van der Waals surface area (Å²) >= 11 is 0. The van der Waals surface area contributed by atoms with E-state index >= 15 is 0 Å². The van der Waals surface area contributed by atoms with Gasteiger partial charge in [-0.25, -0.2) is 0 Å². The van der Waals surface area contributed by atoms with Crippen molar-refractivity contribution in [2.24, 2.45) is 16.2 Å². The Morgan fingerprint density at radius 1 is 0.698 bits per heavy atom. The fraction of sp³-hybridized carbons (Fsp3) is 0.944. The van der Waals surface area contributed by atoms with Crippen LogP contribution < -0.4 is 0 Å². The van der Waals surface area contributed by atoms with Gasteiger partial charge in [-0.15, -0.1) is 0 Å². The summed E-state index contributed by atoms with van der Waals surface area (Å²) in [6.07, 6.45) is 3.99. The molecule has 0 aromatic heterocycles. The number of amides is 1. The van der Waals surface area contributed by atoms with Gasteiger partial charge in [-0.05, 0) is 129 Å². The Morgan fingerprint density at radius 2 is 1.02 bits per heavy atom. The minimum absolute atomic E-state index is 0.00694. The van der Waals surface area contributed by atoms with Crippen LogP contribution in [-0.2, 0) is 19.1 Å². The monoisotopic (exact) mass is 619 g/mol. The molecule has 0 unspecified atom stereocenters. The highest BCUT2D eigenvalue weighted by Crippen LogP contribution is 2.28. The molecule has 1 saturated heterocycles. The summed E-state index contributed by atoms with van der Waals surface area (Å²) in [5, 5.41) is 9.35. The van der Waals surface area contributed by atoms with Crippen molar-refractivity contribution in [1.29, 1.82) is 0 Å². The van der Waals surface area contributed by atoms with E-state index < -0.39 is 5.60 Å². The van der Waals surface area contributed by atoms with Crippen molar-refractivity contribution in [1.82, 2.24) is 9.80 Å². The normalized spacial score (nSPS) is 14.6. The van der Waals surface area contributed by atoms with Crippen LogP contribution in [-0.4, -0.2) is 83.9 Å². The number of ether oxygens (including phenoxy) is 2. The minimum atomic E-state index is -0.562. The van der Waals surface area contributed by atoms with Crippen molar-refractivity contribution in [3.05, 3.63) is 0 Å². The predicted octanol–water partition coefficient (Wildman–Crippen LogP) is 8.61. The first-order chi connectivity index (χ1) is 18.6. The van der Waals surface area contributed by atoms with E-state index in [1.807, 2.05) is 94.9 Å². The molecule has 0 aromatic carbocycles. The van der Waals surface area contributed by atoms with Crippen LogP contribution in [0.4, 0.5) is 0 Å². The Morgan fingerprint density at radius 3 is 1.14 bits per heavy atom. The third-order valence-corrected chi connectivity index (χ3v) is 6.85. The number of rotatable bonds is 1. The highest BCUT2D eigenvalue weighted by atomic mass is 16.5. The second-order valence-corrected chi connectivity index (χ2v) is 17.5. The van der Waals surface area contributed by atoms with E-state index in [1.165, 1.54) is 26.4 Å². The first-order valence-corrected chi connectivity index (χ1v) is 16.1. The van der Waals surface area contributed by atoms with Crippen molar-refractivity contribution in [3.63, 3.8) is 0 Å². The molecule has 7 heteroatoms. The zero-order chi connectivity index (χ0) is 35.8. The van der Waals surface area contributed by atoms with Crippen molar-refractivity contribution < 1.29 is 24.2 Å². The summed E-state index contributed by atoms with van der Waals surface area (Å²) in [7, 11) is 5.56. The van der Waals surface area contributed by atoms with Gasteiger partial charge in [0.25, 0.3) is 0 Å². The summed E-state index contributed by atoms with van der Waals surface area (Å²) in [6, 6.07) is 0. The smallest absolute Gasteiger partial charge is 0.310 e. The summed E-state index contributed by atoms with van der Waals surface area (Å²) in [4.78, 5) is 26.5. The van der Waals surface area contributed by atoms with E-state index in [0.717, 1.165) is 13.1 Å². The van der Waals surface area contributed by atoms with Gasteiger partial charge in [0.2, 0.25) is 5.91 Å². The molecule has 262 valence electrons.